The van der Waals surface area contributed by atoms with E-state index in [4.69, 9.17) is 17.3 Å². The van der Waals surface area contributed by atoms with Gasteiger partial charge in [-0.25, -0.2) is 26.5 Å². The number of hydrogen-bond donors (Lipinski definition) is 2. The van der Waals surface area contributed by atoms with Gasteiger partial charge >= 0.3 is 0 Å². The minimum atomic E-state index is -3.80. The highest BCUT2D eigenvalue weighted by Gasteiger charge is 2.41. The topological polar surface area (TPSA) is 109 Å². The van der Waals surface area contributed by atoms with Gasteiger partial charge in [0.2, 0.25) is 21.4 Å². The summed E-state index contributed by atoms with van der Waals surface area (Å²) >= 11 is 5.63. The van der Waals surface area contributed by atoms with Crippen molar-refractivity contribution in [2.24, 2.45) is 10.7 Å². The number of benzene rings is 1. The molecule has 1 atom stereocenters. The van der Waals surface area contributed by atoms with E-state index in [1.54, 1.807) is 0 Å². The smallest absolute Gasteiger partial charge is 0.239 e. The van der Waals surface area contributed by atoms with Gasteiger partial charge in [0.1, 0.15) is 22.2 Å². The molecule has 1 aliphatic rings. The third-order valence-electron chi connectivity index (χ3n) is 4.55. The van der Waals surface area contributed by atoms with Crippen molar-refractivity contribution in [3.63, 3.8) is 0 Å². The van der Waals surface area contributed by atoms with E-state index in [1.807, 2.05) is 0 Å². The van der Waals surface area contributed by atoms with Crippen molar-refractivity contribution < 1.29 is 17.2 Å². The molecule has 0 spiro atoms. The number of hydrogen-bond acceptors (Lipinski definition) is 5. The number of aromatic nitrogens is 1. The molecule has 3 rings (SSSR count). The van der Waals surface area contributed by atoms with E-state index in [-0.39, 0.29) is 27.8 Å². The molecule has 7 nitrogen and oxygen atoms in total. The maximum Gasteiger partial charge on any atom is 0.239 e. The molecule has 0 aliphatic carbocycles. The molecule has 1 unspecified atom stereocenters. The van der Waals surface area contributed by atoms with Crippen LogP contribution in [-0.4, -0.2) is 36.5 Å². The molecular formula is C18H17ClF2N4O3S. The van der Waals surface area contributed by atoms with Crippen LogP contribution in [0.1, 0.15) is 23.7 Å². The summed E-state index contributed by atoms with van der Waals surface area (Å²) in [7, 11) is -2.55. The van der Waals surface area contributed by atoms with Crippen molar-refractivity contribution >= 4 is 39.5 Å². The van der Waals surface area contributed by atoms with Crippen molar-refractivity contribution in [3.05, 3.63) is 68.3 Å². The highest BCUT2D eigenvalue weighted by atomic mass is 35.5. The molecule has 0 fully saturated rings. The summed E-state index contributed by atoms with van der Waals surface area (Å²) in [4.78, 5) is 18.3. The van der Waals surface area contributed by atoms with Gasteiger partial charge in [-0.05, 0) is 30.7 Å². The molecule has 1 aliphatic heterocycles. The maximum atomic E-state index is 14.5. The molecule has 0 amide bonds. The molecule has 0 saturated carbocycles. The molecule has 0 saturated heterocycles. The van der Waals surface area contributed by atoms with Crippen molar-refractivity contribution in [1.82, 2.24) is 9.29 Å². The number of rotatable bonds is 3. The first kappa shape index (κ1) is 21.0. The van der Waals surface area contributed by atoms with Gasteiger partial charge in [0, 0.05) is 24.9 Å². The van der Waals surface area contributed by atoms with Crippen LogP contribution < -0.4 is 11.2 Å². The Labute approximate surface area is 170 Å². The van der Waals surface area contributed by atoms with Crippen LogP contribution in [0.15, 0.2) is 40.2 Å². The molecule has 11 heteroatoms. The van der Waals surface area contributed by atoms with E-state index >= 15 is 0 Å². The van der Waals surface area contributed by atoms with Crippen LogP contribution in [0.5, 0.6) is 0 Å². The zero-order valence-electron chi connectivity index (χ0n) is 15.4. The van der Waals surface area contributed by atoms with E-state index in [9.17, 15) is 22.0 Å². The standard InChI is InChI=1S/C18H17ClF2N4O3S/c1-18(9-29(27,28)25(2)17(22)24-18)11-5-10(3-4-13(11)20)6-14(21)15-7-16(26)12(19)8-23-15/h3-8H,9H2,1-2H3,(H2,22,24)(H,23,26). The summed E-state index contributed by atoms with van der Waals surface area (Å²) in [6.07, 6.45) is 2.23. The molecule has 1 aromatic heterocycles. The zero-order chi connectivity index (χ0) is 21.6. The monoisotopic (exact) mass is 442 g/mol. The van der Waals surface area contributed by atoms with Crippen LogP contribution in [-0.2, 0) is 15.6 Å². The average molecular weight is 443 g/mol. The number of pyridine rings is 1. The minimum absolute atomic E-state index is 0.0525. The maximum absolute atomic E-state index is 14.5. The van der Waals surface area contributed by atoms with Crippen LogP contribution >= 0.6 is 11.6 Å². The number of nitrogens with two attached hydrogens (primary N) is 1. The molecule has 0 bridgehead atoms. The molecule has 154 valence electrons. The van der Waals surface area contributed by atoms with Gasteiger partial charge in [-0.2, -0.15) is 0 Å². The number of aromatic amines is 1. The SMILES string of the molecule is CN1C(N)=NC(C)(c2cc(C=C(F)c3cc(=O)c(Cl)c[nH]3)ccc2F)CS1(=O)=O. The summed E-state index contributed by atoms with van der Waals surface area (Å²) in [5, 5.41) is -0.0857. The van der Waals surface area contributed by atoms with Gasteiger partial charge < -0.3 is 10.7 Å². The van der Waals surface area contributed by atoms with Gasteiger partial charge in [-0.3, -0.25) is 4.79 Å². The van der Waals surface area contributed by atoms with Crippen molar-refractivity contribution in [2.45, 2.75) is 12.5 Å². The van der Waals surface area contributed by atoms with Crippen LogP contribution in [0.4, 0.5) is 8.78 Å². The number of guanidine groups is 1. The highest BCUT2D eigenvalue weighted by molar-refractivity contribution is 7.89. The second-order valence-corrected chi connectivity index (χ2v) is 9.17. The normalized spacial score (nSPS) is 21.8. The lowest BCUT2D eigenvalue weighted by atomic mass is 9.92. The number of nitrogens with one attached hydrogen (secondary N) is 1. The van der Waals surface area contributed by atoms with E-state index < -0.39 is 38.4 Å². The lowest BCUT2D eigenvalue weighted by Crippen LogP contribution is -2.50. The molecule has 2 heterocycles. The van der Waals surface area contributed by atoms with Crippen molar-refractivity contribution in [1.29, 1.82) is 0 Å². The van der Waals surface area contributed by atoms with Crippen LogP contribution in [0.2, 0.25) is 5.02 Å². The molecule has 2 aromatic rings. The summed E-state index contributed by atoms with van der Waals surface area (Å²) in [5.74, 6) is -2.28. The first-order valence-corrected chi connectivity index (χ1v) is 10.3. The van der Waals surface area contributed by atoms with Gasteiger partial charge in [0.05, 0.1) is 11.4 Å². The number of halogens is 3. The predicted molar refractivity (Wildman–Crippen MR) is 108 cm³/mol. The number of H-pyrrole nitrogens is 1. The Bertz CT molecular complexity index is 1210. The molecule has 3 N–H and O–H groups in total. The highest BCUT2D eigenvalue weighted by Crippen LogP contribution is 2.34. The summed E-state index contributed by atoms with van der Waals surface area (Å²) in [6, 6.07) is 4.68. The van der Waals surface area contributed by atoms with Crippen LogP contribution in [0.25, 0.3) is 11.9 Å². The first-order valence-electron chi connectivity index (χ1n) is 8.31. The summed E-state index contributed by atoms with van der Waals surface area (Å²) in [6.45, 7) is 1.43. The Balaban J connectivity index is 2.07. The fraction of sp³-hybridized carbons (Fsp3) is 0.222. The Morgan fingerprint density at radius 1 is 1.41 bits per heavy atom. The Hall–Kier alpha value is -2.72. The molecular weight excluding hydrogens is 426 g/mol. The van der Waals surface area contributed by atoms with Gasteiger partial charge in [-0.1, -0.05) is 17.7 Å². The quantitative estimate of drug-likeness (QED) is 0.760. The molecule has 1 aromatic carbocycles. The van der Waals surface area contributed by atoms with Crippen molar-refractivity contribution in [2.75, 3.05) is 12.8 Å². The zero-order valence-corrected chi connectivity index (χ0v) is 17.0. The lowest BCUT2D eigenvalue weighted by Gasteiger charge is -2.34. The van der Waals surface area contributed by atoms with Crippen LogP contribution in [0, 0.1) is 5.82 Å². The first-order chi connectivity index (χ1) is 13.4. The van der Waals surface area contributed by atoms with Gasteiger partial charge in [0.15, 0.2) is 0 Å². The molecule has 0 radical (unpaired) electrons. The number of sulfonamides is 1. The third-order valence-corrected chi connectivity index (χ3v) is 6.80. The van der Waals surface area contributed by atoms with Gasteiger partial charge in [0.25, 0.3) is 0 Å². The van der Waals surface area contributed by atoms with E-state index in [0.29, 0.717) is 0 Å². The number of nitrogens with zero attached hydrogens (tertiary/aromatic N) is 2. The summed E-state index contributed by atoms with van der Waals surface area (Å²) in [5.41, 5.74) is 3.72. The fourth-order valence-corrected chi connectivity index (χ4v) is 4.51. The minimum Gasteiger partial charge on any atom is -0.369 e. The largest absolute Gasteiger partial charge is 0.369 e. The second kappa shape index (κ2) is 7.27. The van der Waals surface area contributed by atoms with Crippen LogP contribution in [0.3, 0.4) is 0 Å². The fourth-order valence-electron chi connectivity index (χ4n) is 2.95. The Morgan fingerprint density at radius 3 is 2.72 bits per heavy atom. The van der Waals surface area contributed by atoms with E-state index in [0.717, 1.165) is 28.7 Å². The predicted octanol–water partition coefficient (Wildman–Crippen LogP) is 2.44. The second-order valence-electron chi connectivity index (χ2n) is 6.76. The van der Waals surface area contributed by atoms with E-state index in [2.05, 4.69) is 9.98 Å². The molecule has 29 heavy (non-hydrogen) atoms. The lowest BCUT2D eigenvalue weighted by molar-refractivity contribution is 0.458. The third kappa shape index (κ3) is 4.03. The van der Waals surface area contributed by atoms with Crippen molar-refractivity contribution in [3.8, 4) is 0 Å². The Morgan fingerprint density at radius 2 is 2.10 bits per heavy atom. The number of aliphatic imine (C=N–C) groups is 1. The van der Waals surface area contributed by atoms with E-state index in [1.165, 1.54) is 26.1 Å². The Kier molecular flexibility index (Phi) is 5.26. The van der Waals surface area contributed by atoms with Gasteiger partial charge in [-0.15, -0.1) is 0 Å². The average Bonchev–Trinajstić information content (AvgIpc) is 2.63. The summed E-state index contributed by atoms with van der Waals surface area (Å²) < 4.78 is 54.6.